The van der Waals surface area contributed by atoms with Crippen LogP contribution in [0.4, 0.5) is 0 Å². The average molecular weight is 356 g/mol. The van der Waals surface area contributed by atoms with Crippen LogP contribution >= 0.6 is 0 Å². The van der Waals surface area contributed by atoms with Crippen molar-refractivity contribution in [1.29, 1.82) is 0 Å². The molecule has 1 atom stereocenters. The van der Waals surface area contributed by atoms with Crippen molar-refractivity contribution in [3.8, 4) is 0 Å². The molecule has 2 N–H and O–H groups in total. The van der Waals surface area contributed by atoms with E-state index < -0.39 is 12.1 Å². The first-order valence-electron chi connectivity index (χ1n) is 9.45. The molecule has 0 spiro atoms. The summed E-state index contributed by atoms with van der Waals surface area (Å²) in [6.07, 6.45) is 5.25. The van der Waals surface area contributed by atoms with Gasteiger partial charge in [0.15, 0.2) is 0 Å². The second-order valence-electron chi connectivity index (χ2n) is 8.64. The summed E-state index contributed by atoms with van der Waals surface area (Å²) >= 11 is 0. The standard InChI is InChI=1S/C20H37NO4/c1-7-8-9-25-14-17(22)13-21-19(3,4)11-16(12-20(21,5)6)10-15(2)18(23)24/h10,16-17,22H,7-9,11-14H2,1-6H3,(H,23,24). The molecule has 5 nitrogen and oxygen atoms in total. The SMILES string of the molecule is CCCCOCC(O)CN1C(C)(C)CC(C=C(C)C(=O)O)CC1(C)C. The van der Waals surface area contributed by atoms with Crippen LogP contribution in [0.5, 0.6) is 0 Å². The van der Waals surface area contributed by atoms with E-state index in [0.717, 1.165) is 25.7 Å². The summed E-state index contributed by atoms with van der Waals surface area (Å²) in [4.78, 5) is 13.5. The lowest BCUT2D eigenvalue weighted by Crippen LogP contribution is -2.62. The van der Waals surface area contributed by atoms with Crippen LogP contribution in [-0.2, 0) is 9.53 Å². The van der Waals surface area contributed by atoms with Crippen LogP contribution in [-0.4, -0.2) is 58.0 Å². The molecule has 25 heavy (non-hydrogen) atoms. The van der Waals surface area contributed by atoms with E-state index in [4.69, 9.17) is 9.84 Å². The molecule has 1 aliphatic heterocycles. The van der Waals surface area contributed by atoms with Crippen LogP contribution < -0.4 is 0 Å². The predicted octanol–water partition coefficient (Wildman–Crippen LogP) is 3.46. The van der Waals surface area contributed by atoms with Crippen LogP contribution in [0.25, 0.3) is 0 Å². The second kappa shape index (κ2) is 9.15. The minimum absolute atomic E-state index is 0.119. The number of unbranched alkanes of at least 4 members (excludes halogenated alkanes) is 1. The number of aliphatic hydroxyl groups excluding tert-OH is 1. The Morgan fingerprint density at radius 2 is 1.84 bits per heavy atom. The minimum atomic E-state index is -0.849. The highest BCUT2D eigenvalue weighted by Gasteiger charge is 2.45. The van der Waals surface area contributed by atoms with E-state index in [1.54, 1.807) is 6.92 Å². The zero-order chi connectivity index (χ0) is 19.3. The van der Waals surface area contributed by atoms with Gasteiger partial charge in [0, 0.05) is 29.8 Å². The number of likely N-dealkylation sites (tertiary alicyclic amines) is 1. The highest BCUT2D eigenvalue weighted by molar-refractivity contribution is 5.85. The molecule has 1 heterocycles. The number of carbonyl (C=O) groups is 1. The van der Waals surface area contributed by atoms with Crippen molar-refractivity contribution in [1.82, 2.24) is 4.90 Å². The van der Waals surface area contributed by atoms with Gasteiger partial charge in [-0.1, -0.05) is 19.4 Å². The molecule has 5 heteroatoms. The first-order valence-corrected chi connectivity index (χ1v) is 9.45. The molecule has 0 aromatic carbocycles. The van der Waals surface area contributed by atoms with Crippen molar-refractivity contribution in [3.05, 3.63) is 11.6 Å². The van der Waals surface area contributed by atoms with Crippen LogP contribution in [0, 0.1) is 5.92 Å². The van der Waals surface area contributed by atoms with Crippen LogP contribution in [0.3, 0.4) is 0 Å². The predicted molar refractivity (Wildman–Crippen MR) is 101 cm³/mol. The lowest BCUT2D eigenvalue weighted by Gasteiger charge is -2.55. The monoisotopic (exact) mass is 355 g/mol. The zero-order valence-corrected chi connectivity index (χ0v) is 16.8. The van der Waals surface area contributed by atoms with Crippen molar-refractivity contribution in [2.24, 2.45) is 5.92 Å². The van der Waals surface area contributed by atoms with Crippen molar-refractivity contribution in [3.63, 3.8) is 0 Å². The van der Waals surface area contributed by atoms with E-state index >= 15 is 0 Å². The smallest absolute Gasteiger partial charge is 0.330 e. The number of nitrogens with zero attached hydrogens (tertiary/aromatic N) is 1. The Balaban J connectivity index is 2.75. The number of piperidine rings is 1. The molecular weight excluding hydrogens is 318 g/mol. The molecule has 1 fully saturated rings. The maximum atomic E-state index is 11.1. The molecule has 0 bridgehead atoms. The molecule has 1 rings (SSSR count). The third-order valence-electron chi connectivity index (χ3n) is 5.15. The van der Waals surface area contributed by atoms with Crippen molar-refractivity contribution >= 4 is 5.97 Å². The minimum Gasteiger partial charge on any atom is -0.478 e. The molecule has 0 amide bonds. The van der Waals surface area contributed by atoms with E-state index in [2.05, 4.69) is 39.5 Å². The first kappa shape index (κ1) is 22.1. The number of carboxylic acid groups (broad SMARTS) is 1. The summed E-state index contributed by atoms with van der Waals surface area (Å²) < 4.78 is 5.56. The van der Waals surface area contributed by atoms with Gasteiger partial charge in [0.1, 0.15) is 0 Å². The maximum Gasteiger partial charge on any atom is 0.330 e. The van der Waals surface area contributed by atoms with Gasteiger partial charge >= 0.3 is 5.97 Å². The number of rotatable bonds is 9. The van der Waals surface area contributed by atoms with E-state index in [9.17, 15) is 9.90 Å². The topological polar surface area (TPSA) is 70.0 Å². The van der Waals surface area contributed by atoms with Crippen molar-refractivity contribution in [2.45, 2.75) is 84.4 Å². The average Bonchev–Trinajstić information content (AvgIpc) is 2.46. The number of β-amino-alcohol motifs (C(OH)–C–C–N with tert-alkyl or cyclic N) is 1. The Hall–Kier alpha value is -0.910. The van der Waals surface area contributed by atoms with Crippen molar-refractivity contribution < 1.29 is 19.7 Å². The number of aliphatic carboxylic acids is 1. The van der Waals surface area contributed by atoms with Gasteiger partial charge in [-0.15, -0.1) is 0 Å². The molecule has 146 valence electrons. The van der Waals surface area contributed by atoms with Crippen molar-refractivity contribution in [2.75, 3.05) is 19.8 Å². The maximum absolute atomic E-state index is 11.1. The largest absolute Gasteiger partial charge is 0.478 e. The van der Waals surface area contributed by atoms with Crippen LogP contribution in [0.15, 0.2) is 11.6 Å². The fourth-order valence-corrected chi connectivity index (χ4v) is 4.16. The number of carboxylic acids is 1. The highest BCUT2D eigenvalue weighted by Crippen LogP contribution is 2.42. The third kappa shape index (κ3) is 6.72. The van der Waals surface area contributed by atoms with Gasteiger partial charge in [-0.2, -0.15) is 0 Å². The lowest BCUT2D eigenvalue weighted by molar-refractivity contribution is -0.132. The molecule has 0 aliphatic carbocycles. The molecular formula is C20H37NO4. The van der Waals surface area contributed by atoms with E-state index in [1.807, 2.05) is 6.08 Å². The molecule has 0 saturated carbocycles. The number of ether oxygens (including phenoxy) is 1. The molecule has 1 unspecified atom stereocenters. The van der Waals surface area contributed by atoms with Gasteiger partial charge in [-0.05, 0) is 59.8 Å². The fraction of sp³-hybridized carbons (Fsp3) is 0.850. The summed E-state index contributed by atoms with van der Waals surface area (Å²) in [5.74, 6) is -0.618. The number of hydrogen-bond donors (Lipinski definition) is 2. The van der Waals surface area contributed by atoms with E-state index in [-0.39, 0.29) is 17.0 Å². The van der Waals surface area contributed by atoms with E-state index in [1.165, 1.54) is 0 Å². The Morgan fingerprint density at radius 1 is 1.28 bits per heavy atom. The molecule has 0 aromatic heterocycles. The van der Waals surface area contributed by atoms with Crippen LogP contribution in [0.2, 0.25) is 0 Å². The molecule has 0 radical (unpaired) electrons. The molecule has 1 saturated heterocycles. The Morgan fingerprint density at radius 3 is 2.32 bits per heavy atom. The van der Waals surface area contributed by atoms with Crippen LogP contribution in [0.1, 0.15) is 67.2 Å². The fourth-order valence-electron chi connectivity index (χ4n) is 4.16. The van der Waals surface area contributed by atoms with Gasteiger partial charge in [0.05, 0.1) is 12.7 Å². The third-order valence-corrected chi connectivity index (χ3v) is 5.15. The first-order chi connectivity index (χ1) is 11.5. The van der Waals surface area contributed by atoms with Gasteiger partial charge in [0.25, 0.3) is 0 Å². The van der Waals surface area contributed by atoms with E-state index in [0.29, 0.717) is 25.3 Å². The quantitative estimate of drug-likeness (QED) is 0.489. The number of aliphatic hydroxyl groups is 1. The van der Waals surface area contributed by atoms with Gasteiger partial charge in [-0.25, -0.2) is 4.79 Å². The summed E-state index contributed by atoms with van der Waals surface area (Å²) in [6, 6.07) is 0. The lowest BCUT2D eigenvalue weighted by atomic mass is 9.73. The summed E-state index contributed by atoms with van der Waals surface area (Å²) in [5.41, 5.74) is 0.174. The summed E-state index contributed by atoms with van der Waals surface area (Å²) in [6.45, 7) is 14.1. The summed E-state index contributed by atoms with van der Waals surface area (Å²) in [7, 11) is 0. The zero-order valence-electron chi connectivity index (χ0n) is 16.8. The highest BCUT2D eigenvalue weighted by atomic mass is 16.5. The van der Waals surface area contributed by atoms with Gasteiger partial charge in [0.2, 0.25) is 0 Å². The molecule has 1 aliphatic rings. The number of hydrogen-bond acceptors (Lipinski definition) is 4. The Labute approximate surface area is 153 Å². The van der Waals surface area contributed by atoms with Gasteiger partial charge in [-0.3, -0.25) is 4.90 Å². The second-order valence-corrected chi connectivity index (χ2v) is 8.64. The molecule has 0 aromatic rings. The van der Waals surface area contributed by atoms with Gasteiger partial charge < -0.3 is 14.9 Å². The normalized spacial score (nSPS) is 22.8. The Kier molecular flexibility index (Phi) is 8.10. The Bertz CT molecular complexity index is 452. The number of allylic oxidation sites excluding steroid dienone is 1. The summed E-state index contributed by atoms with van der Waals surface area (Å²) in [5, 5.41) is 19.5.